The number of aromatic nitrogens is 1. The molecule has 0 aliphatic rings. The lowest BCUT2D eigenvalue weighted by Crippen LogP contribution is -2.31. The first kappa shape index (κ1) is 15.7. The highest BCUT2D eigenvalue weighted by Gasteiger charge is 2.18. The molecule has 0 saturated carbocycles. The maximum absolute atomic E-state index is 11.8. The minimum atomic E-state index is -0.541. The Morgan fingerprint density at radius 3 is 2.68 bits per heavy atom. The Bertz CT molecular complexity index is 465. The molecule has 1 unspecified atom stereocenters. The molecule has 1 atom stereocenters. The highest BCUT2D eigenvalue weighted by Crippen LogP contribution is 2.24. The fourth-order valence-corrected chi connectivity index (χ4v) is 2.79. The van der Waals surface area contributed by atoms with Gasteiger partial charge in [0.2, 0.25) is 0 Å². The fraction of sp³-hybridized carbons (Fsp3) is 0.583. The molecule has 0 saturated heterocycles. The average molecular weight is 332 g/mol. The SMILES string of the molecule is CC(C)(C)CC(Br)CNC(=O)c1cc([N+](=O)[O-])c[nH]1. The van der Waals surface area contributed by atoms with Gasteiger partial charge >= 0.3 is 0 Å². The number of halogens is 1. The molecule has 1 amide bonds. The number of nitrogens with zero attached hydrogens (tertiary/aromatic N) is 1. The van der Waals surface area contributed by atoms with Gasteiger partial charge in [-0.25, -0.2) is 0 Å². The van der Waals surface area contributed by atoms with Crippen molar-refractivity contribution in [2.24, 2.45) is 5.41 Å². The van der Waals surface area contributed by atoms with E-state index in [1.165, 1.54) is 12.3 Å². The van der Waals surface area contributed by atoms with Crippen molar-refractivity contribution in [3.8, 4) is 0 Å². The van der Waals surface area contributed by atoms with Crippen LogP contribution in [0.3, 0.4) is 0 Å². The summed E-state index contributed by atoms with van der Waals surface area (Å²) < 4.78 is 0. The summed E-state index contributed by atoms with van der Waals surface area (Å²) in [6.07, 6.45) is 2.12. The van der Waals surface area contributed by atoms with Gasteiger partial charge in [0.25, 0.3) is 11.6 Å². The van der Waals surface area contributed by atoms with Gasteiger partial charge in [0, 0.05) is 17.4 Å². The lowest BCUT2D eigenvalue weighted by molar-refractivity contribution is -0.384. The summed E-state index contributed by atoms with van der Waals surface area (Å²) in [5.74, 6) is -0.341. The first-order chi connectivity index (χ1) is 8.69. The summed E-state index contributed by atoms with van der Waals surface area (Å²) in [6.45, 7) is 6.84. The second kappa shape index (κ2) is 6.18. The van der Waals surface area contributed by atoms with Crippen molar-refractivity contribution in [3.63, 3.8) is 0 Å². The van der Waals surface area contributed by atoms with Crippen molar-refractivity contribution in [3.05, 3.63) is 28.1 Å². The molecule has 0 fully saturated rings. The molecule has 0 bridgehead atoms. The van der Waals surface area contributed by atoms with Crippen LogP contribution in [0.2, 0.25) is 0 Å². The number of H-pyrrole nitrogens is 1. The summed E-state index contributed by atoms with van der Waals surface area (Å²) in [5, 5.41) is 13.2. The number of nitro groups is 1. The van der Waals surface area contributed by atoms with Gasteiger partial charge in [0.15, 0.2) is 0 Å². The number of amides is 1. The van der Waals surface area contributed by atoms with Gasteiger partial charge in [-0.15, -0.1) is 0 Å². The minimum absolute atomic E-state index is 0.116. The number of aromatic amines is 1. The predicted octanol–water partition coefficient (Wildman–Crippen LogP) is 2.85. The third-order valence-corrected chi connectivity index (χ3v) is 3.09. The first-order valence-corrected chi connectivity index (χ1v) is 6.86. The molecule has 0 aromatic carbocycles. The Morgan fingerprint density at radius 1 is 1.58 bits per heavy atom. The van der Waals surface area contributed by atoms with E-state index in [4.69, 9.17) is 0 Å². The summed E-state index contributed by atoms with van der Waals surface area (Å²) in [5.41, 5.74) is 0.252. The maximum Gasteiger partial charge on any atom is 0.287 e. The van der Waals surface area contributed by atoms with E-state index >= 15 is 0 Å². The molecule has 1 aromatic heterocycles. The summed E-state index contributed by atoms with van der Waals surface area (Å²) >= 11 is 3.51. The van der Waals surface area contributed by atoms with Crippen LogP contribution in [0, 0.1) is 15.5 Å². The number of carbonyl (C=O) groups is 1. The number of hydrogen-bond donors (Lipinski definition) is 2. The molecule has 2 N–H and O–H groups in total. The van der Waals surface area contributed by atoms with E-state index in [-0.39, 0.29) is 27.5 Å². The smallest absolute Gasteiger partial charge is 0.287 e. The molecular weight excluding hydrogens is 314 g/mol. The Balaban J connectivity index is 2.49. The zero-order valence-electron chi connectivity index (χ0n) is 11.2. The van der Waals surface area contributed by atoms with Crippen molar-refractivity contribution < 1.29 is 9.72 Å². The number of alkyl halides is 1. The number of hydrogen-bond acceptors (Lipinski definition) is 3. The van der Waals surface area contributed by atoms with Crippen molar-refractivity contribution in [2.45, 2.75) is 32.0 Å². The van der Waals surface area contributed by atoms with Crippen LogP contribution in [0.1, 0.15) is 37.7 Å². The summed E-state index contributed by atoms with van der Waals surface area (Å²) in [6, 6.07) is 1.22. The van der Waals surface area contributed by atoms with Gasteiger partial charge in [-0.3, -0.25) is 14.9 Å². The summed E-state index contributed by atoms with van der Waals surface area (Å²) in [4.78, 5) is 24.5. The zero-order chi connectivity index (χ0) is 14.6. The van der Waals surface area contributed by atoms with Crippen LogP contribution in [0.25, 0.3) is 0 Å². The highest BCUT2D eigenvalue weighted by molar-refractivity contribution is 9.09. The molecule has 1 heterocycles. The van der Waals surface area contributed by atoms with E-state index in [0.717, 1.165) is 6.42 Å². The van der Waals surface area contributed by atoms with Crippen LogP contribution in [0.15, 0.2) is 12.3 Å². The quantitative estimate of drug-likeness (QED) is 0.494. The Kier molecular flexibility index (Phi) is 5.11. The average Bonchev–Trinajstić information content (AvgIpc) is 2.72. The van der Waals surface area contributed by atoms with E-state index < -0.39 is 4.92 Å². The molecule has 1 aromatic rings. The number of nitrogens with one attached hydrogen (secondary N) is 2. The van der Waals surface area contributed by atoms with Gasteiger partial charge in [-0.1, -0.05) is 36.7 Å². The predicted molar refractivity (Wildman–Crippen MR) is 76.6 cm³/mol. The van der Waals surface area contributed by atoms with Crippen molar-refractivity contribution in [2.75, 3.05) is 6.54 Å². The lowest BCUT2D eigenvalue weighted by Gasteiger charge is -2.22. The topological polar surface area (TPSA) is 88.0 Å². The van der Waals surface area contributed by atoms with Crippen LogP contribution < -0.4 is 5.32 Å². The van der Waals surface area contributed by atoms with E-state index in [9.17, 15) is 14.9 Å². The molecule has 0 spiro atoms. The van der Waals surface area contributed by atoms with Gasteiger partial charge < -0.3 is 10.3 Å². The molecule has 0 radical (unpaired) electrons. The van der Waals surface area contributed by atoms with Gasteiger partial charge in [0.1, 0.15) is 5.69 Å². The molecule has 106 valence electrons. The third-order valence-electron chi connectivity index (χ3n) is 2.44. The molecule has 0 aliphatic heterocycles. The van der Waals surface area contributed by atoms with Crippen molar-refractivity contribution >= 4 is 27.5 Å². The highest BCUT2D eigenvalue weighted by atomic mass is 79.9. The second-order valence-corrected chi connectivity index (χ2v) is 6.90. The monoisotopic (exact) mass is 331 g/mol. The van der Waals surface area contributed by atoms with Crippen LogP contribution >= 0.6 is 15.9 Å². The van der Waals surface area contributed by atoms with Crippen molar-refractivity contribution in [1.29, 1.82) is 0 Å². The van der Waals surface area contributed by atoms with Gasteiger partial charge in [-0.2, -0.15) is 0 Å². The van der Waals surface area contributed by atoms with Crippen LogP contribution in [-0.2, 0) is 0 Å². The van der Waals surface area contributed by atoms with Gasteiger partial charge in [-0.05, 0) is 11.8 Å². The first-order valence-electron chi connectivity index (χ1n) is 5.94. The molecule has 0 aliphatic carbocycles. The summed E-state index contributed by atoms with van der Waals surface area (Å²) in [7, 11) is 0. The van der Waals surface area contributed by atoms with Crippen molar-refractivity contribution in [1.82, 2.24) is 10.3 Å². The third kappa shape index (κ3) is 5.42. The molecule has 19 heavy (non-hydrogen) atoms. The van der Waals surface area contributed by atoms with E-state index in [0.29, 0.717) is 6.54 Å². The zero-order valence-corrected chi connectivity index (χ0v) is 12.8. The molecule has 7 heteroatoms. The van der Waals surface area contributed by atoms with E-state index in [2.05, 4.69) is 47.0 Å². The lowest BCUT2D eigenvalue weighted by atomic mass is 9.90. The van der Waals surface area contributed by atoms with E-state index in [1.807, 2.05) is 0 Å². The largest absolute Gasteiger partial charge is 0.351 e. The minimum Gasteiger partial charge on any atom is -0.351 e. The van der Waals surface area contributed by atoms with Crippen LogP contribution in [0.5, 0.6) is 0 Å². The normalized spacial score (nSPS) is 13.1. The van der Waals surface area contributed by atoms with Gasteiger partial charge in [0.05, 0.1) is 11.1 Å². The second-order valence-electron chi connectivity index (χ2n) is 5.60. The molecule has 6 nitrogen and oxygen atoms in total. The Labute approximate surface area is 120 Å². The fourth-order valence-electron chi connectivity index (χ4n) is 1.65. The van der Waals surface area contributed by atoms with Crippen LogP contribution in [-0.4, -0.2) is 27.2 Å². The Morgan fingerprint density at radius 2 is 2.21 bits per heavy atom. The number of carbonyl (C=O) groups excluding carboxylic acids is 1. The maximum atomic E-state index is 11.8. The Hall–Kier alpha value is -1.37. The molecular formula is C12H18BrN3O3. The van der Waals surface area contributed by atoms with Crippen LogP contribution in [0.4, 0.5) is 5.69 Å². The number of rotatable bonds is 5. The molecule has 1 rings (SSSR count). The van der Waals surface area contributed by atoms with E-state index in [1.54, 1.807) is 0 Å². The standard InChI is InChI=1S/C12H18BrN3O3/c1-12(2,3)5-8(13)6-15-11(17)10-4-9(7-14-10)16(18)19/h4,7-8,14H,5-6H2,1-3H3,(H,15,17).